The Bertz CT molecular complexity index is 1030. The van der Waals surface area contributed by atoms with Crippen LogP contribution in [-0.2, 0) is 4.79 Å². The Hall–Kier alpha value is -3.58. The third-order valence-corrected chi connectivity index (χ3v) is 4.10. The van der Waals surface area contributed by atoms with Crippen LogP contribution >= 0.6 is 0 Å². The molecule has 2 aromatic carbocycles. The minimum absolute atomic E-state index is 0.00791. The second-order valence-electron chi connectivity index (χ2n) is 6.95. The molecule has 164 valence electrons. The molecule has 1 aliphatic heterocycles. The van der Waals surface area contributed by atoms with Gasteiger partial charge in [0.15, 0.2) is 6.10 Å². The molecule has 1 aliphatic rings. The third kappa shape index (κ3) is 6.20. The number of ether oxygens (including phenoxy) is 2. The fraction of sp³-hybridized carbons (Fsp3) is 0.286. The molecule has 0 aromatic heterocycles. The first-order chi connectivity index (χ1) is 14.6. The Balaban J connectivity index is 1.71. The van der Waals surface area contributed by atoms with Gasteiger partial charge in [0.25, 0.3) is 5.91 Å². The highest BCUT2D eigenvalue weighted by atomic mass is 19.4. The zero-order valence-electron chi connectivity index (χ0n) is 16.7. The van der Waals surface area contributed by atoms with Crippen LogP contribution in [0.1, 0.15) is 5.56 Å². The van der Waals surface area contributed by atoms with Gasteiger partial charge < -0.3 is 25.2 Å². The predicted molar refractivity (Wildman–Crippen MR) is 108 cm³/mol. The number of anilines is 2. The maximum Gasteiger partial charge on any atom is 0.573 e. The Kier molecular flexibility index (Phi) is 6.46. The quantitative estimate of drug-likeness (QED) is 0.506. The van der Waals surface area contributed by atoms with E-state index in [2.05, 4.69) is 27.2 Å². The van der Waals surface area contributed by atoms with Crippen molar-refractivity contribution in [2.24, 2.45) is 0 Å². The van der Waals surface area contributed by atoms with Crippen LogP contribution in [0.15, 0.2) is 36.4 Å². The normalized spacial score (nSPS) is 15.1. The van der Waals surface area contributed by atoms with Crippen molar-refractivity contribution in [2.45, 2.75) is 12.5 Å². The predicted octanol–water partition coefficient (Wildman–Crippen LogP) is 3.02. The zero-order valence-corrected chi connectivity index (χ0v) is 16.7. The molecule has 0 fully saturated rings. The Morgan fingerprint density at radius 1 is 1.32 bits per heavy atom. The number of phenolic OH excluding ortho intramolecular Hbond substituents is 1. The highest BCUT2D eigenvalue weighted by Crippen LogP contribution is 2.35. The number of fused-ring (bicyclic) bond motifs is 1. The van der Waals surface area contributed by atoms with Crippen molar-refractivity contribution in [3.05, 3.63) is 42.0 Å². The van der Waals surface area contributed by atoms with E-state index in [1.165, 1.54) is 24.3 Å². The van der Waals surface area contributed by atoms with Crippen molar-refractivity contribution in [1.29, 1.82) is 0 Å². The molecule has 3 N–H and O–H groups in total. The van der Waals surface area contributed by atoms with E-state index in [1.807, 2.05) is 19.0 Å². The molecule has 0 radical (unpaired) electrons. The first-order valence-corrected chi connectivity index (χ1v) is 9.18. The van der Waals surface area contributed by atoms with Crippen LogP contribution in [0, 0.1) is 11.8 Å². The molecule has 0 bridgehead atoms. The van der Waals surface area contributed by atoms with Gasteiger partial charge in [-0.2, -0.15) is 0 Å². The highest BCUT2D eigenvalue weighted by molar-refractivity contribution is 5.96. The Labute approximate surface area is 176 Å². The van der Waals surface area contributed by atoms with E-state index in [0.717, 1.165) is 12.1 Å². The van der Waals surface area contributed by atoms with E-state index in [9.17, 15) is 23.1 Å². The summed E-state index contributed by atoms with van der Waals surface area (Å²) in [5, 5.41) is 15.3. The summed E-state index contributed by atoms with van der Waals surface area (Å²) in [6, 6.07) is 7.93. The largest absolute Gasteiger partial charge is 0.573 e. The van der Waals surface area contributed by atoms with E-state index in [1.54, 1.807) is 0 Å². The first kappa shape index (κ1) is 22.1. The van der Waals surface area contributed by atoms with Crippen LogP contribution < -0.4 is 20.1 Å². The van der Waals surface area contributed by atoms with Gasteiger partial charge in [-0.1, -0.05) is 11.8 Å². The summed E-state index contributed by atoms with van der Waals surface area (Å²) < 4.78 is 46.6. The lowest BCUT2D eigenvalue weighted by atomic mass is 10.1. The average Bonchev–Trinajstić information content (AvgIpc) is 2.68. The van der Waals surface area contributed by atoms with Crippen molar-refractivity contribution < 1.29 is 32.5 Å². The minimum Gasteiger partial charge on any atom is -0.508 e. The van der Waals surface area contributed by atoms with Crippen molar-refractivity contribution in [2.75, 3.05) is 37.8 Å². The number of amides is 1. The molecule has 3 rings (SSSR count). The molecule has 1 amide bonds. The lowest BCUT2D eigenvalue weighted by molar-refractivity contribution is -0.274. The number of carbonyl (C=O) groups is 1. The lowest BCUT2D eigenvalue weighted by Gasteiger charge is -2.27. The maximum absolute atomic E-state index is 12.7. The van der Waals surface area contributed by atoms with Crippen molar-refractivity contribution in [1.82, 2.24) is 4.90 Å². The fourth-order valence-electron chi connectivity index (χ4n) is 2.74. The van der Waals surface area contributed by atoms with Gasteiger partial charge in [0.2, 0.25) is 0 Å². The molecule has 0 unspecified atom stereocenters. The number of phenols is 1. The first-order valence-electron chi connectivity index (χ1n) is 9.18. The molecular formula is C21H20F3N3O4. The molecular weight excluding hydrogens is 415 g/mol. The summed E-state index contributed by atoms with van der Waals surface area (Å²) in [6.07, 6.45) is -5.73. The number of hydrogen-bond acceptors (Lipinski definition) is 6. The van der Waals surface area contributed by atoms with Gasteiger partial charge in [-0.05, 0) is 44.4 Å². The summed E-state index contributed by atoms with van der Waals surface area (Å²) >= 11 is 0. The molecule has 0 saturated carbocycles. The molecule has 0 spiro atoms. The molecule has 0 saturated heterocycles. The molecule has 7 nitrogen and oxygen atoms in total. The standard InChI is InChI=1S/C21H20F3N3O4/c1-27(2)9-3-4-13-10-14(28)5-7-16(13)26-20(29)19-12-25-17-11-15(31-21(22,23)24)6-8-18(17)30-19/h5-8,10-11,19,25,28H,9,12H2,1-2H3,(H,26,29)/t19-/m0/s1. The van der Waals surface area contributed by atoms with Gasteiger partial charge in [0.1, 0.15) is 17.2 Å². The van der Waals surface area contributed by atoms with Crippen molar-refractivity contribution >= 4 is 17.3 Å². The average molecular weight is 435 g/mol. The Morgan fingerprint density at radius 2 is 2.10 bits per heavy atom. The summed E-state index contributed by atoms with van der Waals surface area (Å²) in [7, 11) is 3.73. The number of nitrogens with one attached hydrogen (secondary N) is 2. The third-order valence-electron chi connectivity index (χ3n) is 4.10. The summed E-state index contributed by atoms with van der Waals surface area (Å²) in [5.74, 6) is 5.20. The summed E-state index contributed by atoms with van der Waals surface area (Å²) in [5.41, 5.74) is 1.12. The second kappa shape index (κ2) is 9.06. The molecule has 31 heavy (non-hydrogen) atoms. The number of hydrogen-bond donors (Lipinski definition) is 3. The number of carbonyl (C=O) groups excluding carboxylic acids is 1. The van der Waals surface area contributed by atoms with E-state index >= 15 is 0 Å². The second-order valence-corrected chi connectivity index (χ2v) is 6.95. The highest BCUT2D eigenvalue weighted by Gasteiger charge is 2.32. The number of alkyl halides is 3. The van der Waals surface area contributed by atoms with Crippen LogP contribution in [0.2, 0.25) is 0 Å². The summed E-state index contributed by atoms with van der Waals surface area (Å²) in [6.45, 7) is 0.531. The van der Waals surface area contributed by atoms with Gasteiger partial charge in [-0.25, -0.2) is 0 Å². The number of aromatic hydroxyl groups is 1. The van der Waals surface area contributed by atoms with Crippen LogP contribution in [0.25, 0.3) is 0 Å². The number of nitrogens with zero attached hydrogens (tertiary/aromatic N) is 1. The maximum atomic E-state index is 12.7. The number of benzene rings is 2. The molecule has 0 aliphatic carbocycles. The van der Waals surface area contributed by atoms with Crippen LogP contribution in [0.3, 0.4) is 0 Å². The summed E-state index contributed by atoms with van der Waals surface area (Å²) in [4.78, 5) is 14.6. The van der Waals surface area contributed by atoms with Crippen LogP contribution in [-0.4, -0.2) is 55.6 Å². The zero-order chi connectivity index (χ0) is 22.6. The minimum atomic E-state index is -4.80. The van der Waals surface area contributed by atoms with Gasteiger partial charge in [0.05, 0.1) is 30.0 Å². The lowest BCUT2D eigenvalue weighted by Crippen LogP contribution is -2.41. The van der Waals surface area contributed by atoms with E-state index in [4.69, 9.17) is 4.74 Å². The molecule has 2 aromatic rings. The van der Waals surface area contributed by atoms with Crippen LogP contribution in [0.5, 0.6) is 17.2 Å². The van der Waals surface area contributed by atoms with Crippen LogP contribution in [0.4, 0.5) is 24.5 Å². The number of halogens is 3. The van der Waals surface area contributed by atoms with E-state index in [-0.39, 0.29) is 23.7 Å². The Morgan fingerprint density at radius 3 is 2.81 bits per heavy atom. The van der Waals surface area contributed by atoms with E-state index in [0.29, 0.717) is 17.8 Å². The van der Waals surface area contributed by atoms with Gasteiger partial charge in [-0.15, -0.1) is 13.2 Å². The monoisotopic (exact) mass is 435 g/mol. The molecule has 1 atom stereocenters. The topological polar surface area (TPSA) is 83.1 Å². The van der Waals surface area contributed by atoms with Gasteiger partial charge >= 0.3 is 6.36 Å². The van der Waals surface area contributed by atoms with Crippen molar-refractivity contribution in [3.8, 4) is 29.1 Å². The van der Waals surface area contributed by atoms with Gasteiger partial charge in [-0.3, -0.25) is 9.69 Å². The van der Waals surface area contributed by atoms with Crippen molar-refractivity contribution in [3.63, 3.8) is 0 Å². The van der Waals surface area contributed by atoms with Gasteiger partial charge in [0, 0.05) is 6.07 Å². The van der Waals surface area contributed by atoms with E-state index < -0.39 is 24.1 Å². The smallest absolute Gasteiger partial charge is 0.508 e. The molecule has 10 heteroatoms. The molecule has 1 heterocycles. The number of rotatable bonds is 4. The SMILES string of the molecule is CN(C)CC#Cc1cc(O)ccc1NC(=O)[C@@H]1CNc2cc(OC(F)(F)F)ccc2O1. The fourth-order valence-corrected chi connectivity index (χ4v) is 2.74.